The van der Waals surface area contributed by atoms with Crippen molar-refractivity contribution in [3.8, 4) is 5.75 Å². The molecule has 0 unspecified atom stereocenters. The van der Waals surface area contributed by atoms with Gasteiger partial charge in [0, 0.05) is 29.0 Å². The van der Waals surface area contributed by atoms with Crippen LogP contribution in [-0.2, 0) is 24.1 Å². The van der Waals surface area contributed by atoms with Gasteiger partial charge in [-0.05, 0) is 51.1 Å². The zero-order chi connectivity index (χ0) is 27.3. The molecule has 0 amide bonds. The molecule has 2 aromatic heterocycles. The van der Waals surface area contributed by atoms with E-state index >= 15 is 0 Å². The minimum atomic E-state index is -3.78. The monoisotopic (exact) mass is 559 g/mol. The first-order valence-electron chi connectivity index (χ1n) is 11.8. The van der Waals surface area contributed by atoms with Crippen LogP contribution in [0.1, 0.15) is 20.8 Å². The number of fused-ring (bicyclic) bond motifs is 2. The number of aromatic nitrogens is 2. The highest BCUT2D eigenvalue weighted by atomic mass is 32.2. The summed E-state index contributed by atoms with van der Waals surface area (Å²) in [5, 5.41) is 12.6. The van der Waals surface area contributed by atoms with Crippen molar-refractivity contribution in [2.45, 2.75) is 30.4 Å². The summed E-state index contributed by atoms with van der Waals surface area (Å²) < 4.78 is 43.3. The Bertz CT molecular complexity index is 1550. The highest BCUT2D eigenvalue weighted by Crippen LogP contribution is 2.37. The van der Waals surface area contributed by atoms with Gasteiger partial charge in [-0.1, -0.05) is 0 Å². The first kappa shape index (κ1) is 27.7. The summed E-state index contributed by atoms with van der Waals surface area (Å²) in [6.45, 7) is 5.09. The van der Waals surface area contributed by atoms with Gasteiger partial charge in [-0.15, -0.1) is 11.3 Å². The van der Waals surface area contributed by atoms with Gasteiger partial charge in [-0.2, -0.15) is 0 Å². The molecule has 0 radical (unpaired) electrons. The zero-order valence-electron chi connectivity index (χ0n) is 21.3. The van der Waals surface area contributed by atoms with Crippen LogP contribution in [0.4, 0.5) is 11.4 Å². The van der Waals surface area contributed by atoms with Crippen molar-refractivity contribution < 1.29 is 32.5 Å². The third-order valence-electron chi connectivity index (χ3n) is 5.59. The van der Waals surface area contributed by atoms with E-state index in [1.165, 1.54) is 0 Å². The van der Waals surface area contributed by atoms with Crippen molar-refractivity contribution in [1.82, 2.24) is 9.97 Å². The molecule has 0 fully saturated rings. The number of pyridine rings is 1. The van der Waals surface area contributed by atoms with Crippen LogP contribution < -0.4 is 10.1 Å². The Hall–Kier alpha value is -3.32. The minimum absolute atomic E-state index is 0.0632. The van der Waals surface area contributed by atoms with E-state index in [-0.39, 0.29) is 37.1 Å². The number of carboxylic acids is 1. The Labute approximate surface area is 224 Å². The highest BCUT2D eigenvalue weighted by Gasteiger charge is 2.34. The smallest absolute Gasteiger partial charge is 0.329 e. The number of carbonyl (C=O) groups is 1. The van der Waals surface area contributed by atoms with Crippen molar-refractivity contribution in [2.24, 2.45) is 0 Å². The van der Waals surface area contributed by atoms with Crippen molar-refractivity contribution >= 4 is 59.6 Å². The number of anilines is 2. The third-order valence-corrected chi connectivity index (χ3v) is 8.92. The van der Waals surface area contributed by atoms with Gasteiger partial charge in [0.2, 0.25) is 0 Å². The Morgan fingerprint density at radius 3 is 2.53 bits per heavy atom. The van der Waals surface area contributed by atoms with Crippen LogP contribution in [-0.4, -0.2) is 67.2 Å². The lowest BCUT2D eigenvalue weighted by Crippen LogP contribution is -2.28. The van der Waals surface area contributed by atoms with E-state index < -0.39 is 27.2 Å². The normalized spacial score (nSPS) is 12.2. The number of ether oxygens (including phenoxy) is 3. The molecule has 0 saturated carbocycles. The van der Waals surface area contributed by atoms with Crippen molar-refractivity contribution in [3.05, 3.63) is 48.1 Å². The lowest BCUT2D eigenvalue weighted by molar-refractivity contribution is -0.142. The van der Waals surface area contributed by atoms with Crippen LogP contribution >= 0.6 is 11.3 Å². The molecule has 2 N–H and O–H groups in total. The predicted octanol–water partition coefficient (Wildman–Crippen LogP) is 4.66. The van der Waals surface area contributed by atoms with E-state index in [4.69, 9.17) is 19.3 Å². The number of nitrogens with one attached hydrogen (secondary N) is 1. The molecular formula is C26H29N3O7S2. The number of thiazole rings is 1. The summed E-state index contributed by atoms with van der Waals surface area (Å²) in [5.41, 5.74) is 4.75. The second-order valence-corrected chi connectivity index (χ2v) is 12.9. The van der Waals surface area contributed by atoms with E-state index in [2.05, 4.69) is 15.3 Å². The molecular weight excluding hydrogens is 530 g/mol. The highest BCUT2D eigenvalue weighted by molar-refractivity contribution is 7.92. The average molecular weight is 560 g/mol. The van der Waals surface area contributed by atoms with Crippen LogP contribution in [0.3, 0.4) is 0 Å². The lowest BCUT2D eigenvalue weighted by atomic mass is 10.1. The number of sulfone groups is 1. The molecule has 10 nitrogen and oxygen atoms in total. The fourth-order valence-corrected chi connectivity index (χ4v) is 5.57. The standard InChI is InChI=1S/C26H29N3O7S2/c1-26(2,3)38(32,33)24-13-18-19(29-17-4-5-23-21(12-17)28-16-37-23)6-7-27-20(18)14-22(24)36-11-10-34-8-9-35-15-25(30)31/h4-7,12-14,16H,8-11,15H2,1-3H3,(H,27,29)(H,30,31). The van der Waals surface area contributed by atoms with Gasteiger partial charge in [0.25, 0.3) is 0 Å². The predicted molar refractivity (Wildman–Crippen MR) is 146 cm³/mol. The Balaban J connectivity index is 1.59. The number of hydrogen-bond acceptors (Lipinski definition) is 10. The topological polar surface area (TPSA) is 137 Å². The van der Waals surface area contributed by atoms with E-state index in [0.29, 0.717) is 16.6 Å². The Kier molecular flexibility index (Phi) is 8.46. The molecule has 12 heteroatoms. The molecule has 2 aromatic carbocycles. The molecule has 0 saturated heterocycles. The third kappa shape index (κ3) is 6.38. The van der Waals surface area contributed by atoms with Crippen molar-refractivity contribution in [2.75, 3.05) is 38.4 Å². The second kappa shape index (κ2) is 11.6. The number of rotatable bonds is 12. The maximum absolute atomic E-state index is 13.5. The van der Waals surface area contributed by atoms with Crippen molar-refractivity contribution in [3.63, 3.8) is 0 Å². The molecule has 0 aliphatic carbocycles. The molecule has 0 atom stereocenters. The average Bonchev–Trinajstić information content (AvgIpc) is 3.32. The van der Waals surface area contributed by atoms with Crippen molar-refractivity contribution in [1.29, 1.82) is 0 Å². The summed E-state index contributed by atoms with van der Waals surface area (Å²) in [7, 11) is -3.78. The molecule has 0 aliphatic heterocycles. The van der Waals surface area contributed by atoms with Crippen LogP contribution in [0.5, 0.6) is 5.75 Å². The molecule has 2 heterocycles. The van der Waals surface area contributed by atoms with Gasteiger partial charge < -0.3 is 24.6 Å². The maximum atomic E-state index is 13.5. The Morgan fingerprint density at radius 1 is 1.00 bits per heavy atom. The number of aliphatic carboxylic acids is 1. The SMILES string of the molecule is CC(C)(C)S(=O)(=O)c1cc2c(Nc3ccc4scnc4c3)ccnc2cc1OCCOCCOCC(=O)O. The van der Waals surface area contributed by atoms with Crippen LogP contribution in [0, 0.1) is 0 Å². The van der Waals surface area contributed by atoms with E-state index in [1.54, 1.807) is 62.0 Å². The molecule has 0 aliphatic rings. The molecule has 0 spiro atoms. The summed E-state index contributed by atoms with van der Waals surface area (Å²) >= 11 is 1.56. The maximum Gasteiger partial charge on any atom is 0.329 e. The second-order valence-electron chi connectivity index (χ2n) is 9.36. The summed E-state index contributed by atoms with van der Waals surface area (Å²) in [5.74, 6) is -0.864. The van der Waals surface area contributed by atoms with Gasteiger partial charge in [0.15, 0.2) is 9.84 Å². The molecule has 4 aromatic rings. The van der Waals surface area contributed by atoms with Gasteiger partial charge >= 0.3 is 5.97 Å². The minimum Gasteiger partial charge on any atom is -0.490 e. The largest absolute Gasteiger partial charge is 0.490 e. The van der Waals surface area contributed by atoms with Gasteiger partial charge in [0.05, 0.1) is 45.8 Å². The van der Waals surface area contributed by atoms with Gasteiger partial charge in [-0.25, -0.2) is 18.2 Å². The lowest BCUT2D eigenvalue weighted by Gasteiger charge is -2.22. The molecule has 202 valence electrons. The number of nitrogens with zero attached hydrogens (tertiary/aromatic N) is 2. The molecule has 38 heavy (non-hydrogen) atoms. The number of benzene rings is 2. The quantitative estimate of drug-likeness (QED) is 0.236. The Morgan fingerprint density at radius 2 is 1.76 bits per heavy atom. The first-order valence-corrected chi connectivity index (χ1v) is 14.2. The molecule has 4 rings (SSSR count). The van der Waals surface area contributed by atoms with Gasteiger partial charge in [-0.3, -0.25) is 4.98 Å². The number of carboxylic acid groups (broad SMARTS) is 1. The summed E-state index contributed by atoms with van der Waals surface area (Å²) in [6, 6.07) is 10.9. The van der Waals surface area contributed by atoms with Crippen LogP contribution in [0.2, 0.25) is 0 Å². The van der Waals surface area contributed by atoms with Gasteiger partial charge in [0.1, 0.15) is 23.9 Å². The van der Waals surface area contributed by atoms with E-state index in [9.17, 15) is 13.2 Å². The van der Waals surface area contributed by atoms with E-state index in [1.807, 2.05) is 18.2 Å². The fraction of sp³-hybridized carbons (Fsp3) is 0.346. The van der Waals surface area contributed by atoms with E-state index in [0.717, 1.165) is 15.9 Å². The fourth-order valence-electron chi connectivity index (χ4n) is 3.60. The van der Waals surface area contributed by atoms with Crippen LogP contribution in [0.25, 0.3) is 21.1 Å². The molecule has 0 bridgehead atoms. The van der Waals surface area contributed by atoms with Crippen LogP contribution in [0.15, 0.2) is 53.0 Å². The summed E-state index contributed by atoms with van der Waals surface area (Å²) in [6.07, 6.45) is 1.65. The number of hydrogen-bond donors (Lipinski definition) is 2. The first-order chi connectivity index (χ1) is 18.1. The zero-order valence-corrected chi connectivity index (χ0v) is 22.9. The summed E-state index contributed by atoms with van der Waals surface area (Å²) in [4.78, 5) is 19.3.